The summed E-state index contributed by atoms with van der Waals surface area (Å²) in [6.45, 7) is 0. The Hall–Kier alpha value is -2.37. The van der Waals surface area contributed by atoms with Crippen LogP contribution in [-0.2, 0) is 20.8 Å². The van der Waals surface area contributed by atoms with Crippen molar-refractivity contribution in [3.63, 3.8) is 0 Å². The van der Waals surface area contributed by atoms with Crippen molar-refractivity contribution >= 4 is 23.5 Å². The van der Waals surface area contributed by atoms with Crippen LogP contribution in [0.15, 0.2) is 24.3 Å². The number of carbonyl (C=O) groups is 3. The molecule has 0 spiro atoms. The van der Waals surface area contributed by atoms with E-state index in [4.69, 9.17) is 0 Å². The maximum Gasteiger partial charge on any atom is 0.228 e. The van der Waals surface area contributed by atoms with Crippen LogP contribution in [0.5, 0.6) is 0 Å². The van der Waals surface area contributed by atoms with Crippen molar-refractivity contribution in [2.45, 2.75) is 25.7 Å². The van der Waals surface area contributed by atoms with Gasteiger partial charge in [0.25, 0.3) is 0 Å². The third kappa shape index (κ3) is 3.06. The molecular weight excluding hydrogens is 298 g/mol. The molecule has 0 aliphatic heterocycles. The zero-order valence-electron chi connectivity index (χ0n) is 12.5. The van der Waals surface area contributed by atoms with Crippen LogP contribution in [-0.4, -0.2) is 17.8 Å². The van der Waals surface area contributed by atoms with Gasteiger partial charge in [0.05, 0.1) is 0 Å². The van der Waals surface area contributed by atoms with Crippen molar-refractivity contribution in [3.8, 4) is 0 Å². The van der Waals surface area contributed by atoms with E-state index in [0.717, 1.165) is 19.3 Å². The molecule has 122 valence electrons. The van der Waals surface area contributed by atoms with Crippen molar-refractivity contribution in [2.75, 3.05) is 5.32 Å². The van der Waals surface area contributed by atoms with Crippen molar-refractivity contribution in [2.24, 2.45) is 23.7 Å². The standard InChI is InChI=1S/C17H19NO5/c19-13(20)7-9-1-5-12(6-2-9)18-16(21)14-10-3-4-11(8-10)15(14)17(22)23/h1-2,5-6,10-11,14-15H,3-4,7-8H2,(H,18,21)(H,19,20)(H,22,23)/p-2/t10-,11-,14-,15-/m0/s1. The maximum atomic E-state index is 12.5. The van der Waals surface area contributed by atoms with Crippen LogP contribution in [0.2, 0.25) is 0 Å². The molecule has 4 atom stereocenters. The van der Waals surface area contributed by atoms with Gasteiger partial charge in [-0.2, -0.15) is 0 Å². The highest BCUT2D eigenvalue weighted by Crippen LogP contribution is 2.52. The van der Waals surface area contributed by atoms with Crippen LogP contribution >= 0.6 is 0 Å². The molecule has 6 heteroatoms. The lowest BCUT2D eigenvalue weighted by molar-refractivity contribution is -0.314. The van der Waals surface area contributed by atoms with Crippen LogP contribution < -0.4 is 15.5 Å². The molecule has 2 fully saturated rings. The number of anilines is 1. The number of aliphatic carboxylic acids is 2. The SMILES string of the molecule is O=C([O-])Cc1ccc(NC(=O)[C@H]2[C@H]3CC[C@@H](C3)[C@@H]2C(=O)[O-])cc1. The highest BCUT2D eigenvalue weighted by atomic mass is 16.4. The van der Waals surface area contributed by atoms with Crippen molar-refractivity contribution < 1.29 is 24.6 Å². The number of carboxylic acids is 2. The van der Waals surface area contributed by atoms with Gasteiger partial charge in [-0.05, 0) is 48.8 Å². The van der Waals surface area contributed by atoms with Gasteiger partial charge >= 0.3 is 0 Å². The maximum absolute atomic E-state index is 12.5. The minimum Gasteiger partial charge on any atom is -0.550 e. The van der Waals surface area contributed by atoms with E-state index in [2.05, 4.69) is 5.32 Å². The third-order valence-electron chi connectivity index (χ3n) is 5.06. The molecule has 0 saturated heterocycles. The molecule has 0 unspecified atom stereocenters. The van der Waals surface area contributed by atoms with E-state index < -0.39 is 23.8 Å². The van der Waals surface area contributed by atoms with Gasteiger partial charge in [0.2, 0.25) is 5.91 Å². The summed E-state index contributed by atoms with van der Waals surface area (Å²) < 4.78 is 0. The average molecular weight is 315 g/mol. The Morgan fingerprint density at radius 3 is 2.17 bits per heavy atom. The number of carbonyl (C=O) groups excluding carboxylic acids is 3. The van der Waals surface area contributed by atoms with E-state index in [0.29, 0.717) is 11.3 Å². The van der Waals surface area contributed by atoms with Crippen molar-refractivity contribution in [3.05, 3.63) is 29.8 Å². The summed E-state index contributed by atoms with van der Waals surface area (Å²) in [5.41, 5.74) is 1.10. The minimum absolute atomic E-state index is 0.0474. The van der Waals surface area contributed by atoms with E-state index in [9.17, 15) is 24.6 Å². The molecule has 6 nitrogen and oxygen atoms in total. The molecule has 2 aliphatic rings. The van der Waals surface area contributed by atoms with E-state index >= 15 is 0 Å². The minimum atomic E-state index is -1.17. The number of hydrogen-bond donors (Lipinski definition) is 1. The molecule has 23 heavy (non-hydrogen) atoms. The average Bonchev–Trinajstić information content (AvgIpc) is 3.09. The Kier molecular flexibility index (Phi) is 4.07. The third-order valence-corrected chi connectivity index (χ3v) is 5.06. The van der Waals surface area contributed by atoms with Crippen molar-refractivity contribution in [1.29, 1.82) is 0 Å². The number of rotatable bonds is 5. The number of fused-ring (bicyclic) bond motifs is 2. The fraction of sp³-hybridized carbons (Fsp3) is 0.471. The second-order valence-electron chi connectivity index (χ2n) is 6.44. The van der Waals surface area contributed by atoms with Gasteiger partial charge in [-0.15, -0.1) is 0 Å². The molecule has 2 aliphatic carbocycles. The fourth-order valence-corrected chi connectivity index (χ4v) is 4.11. The highest BCUT2D eigenvalue weighted by molar-refractivity contribution is 5.95. The highest BCUT2D eigenvalue weighted by Gasteiger charge is 2.51. The van der Waals surface area contributed by atoms with Crippen molar-refractivity contribution in [1.82, 2.24) is 0 Å². The summed E-state index contributed by atoms with van der Waals surface area (Å²) >= 11 is 0. The number of amides is 1. The van der Waals surface area contributed by atoms with E-state index in [1.165, 1.54) is 0 Å². The zero-order chi connectivity index (χ0) is 16.6. The smallest absolute Gasteiger partial charge is 0.228 e. The molecule has 0 heterocycles. The van der Waals surface area contributed by atoms with Crippen LogP contribution in [0.1, 0.15) is 24.8 Å². The summed E-state index contributed by atoms with van der Waals surface area (Å²) in [4.78, 5) is 34.4. The van der Waals surface area contributed by atoms with Gasteiger partial charge < -0.3 is 25.1 Å². The topological polar surface area (TPSA) is 109 Å². The first kappa shape index (κ1) is 15.5. The zero-order valence-corrected chi connectivity index (χ0v) is 12.5. The van der Waals surface area contributed by atoms with Gasteiger partial charge in [0.15, 0.2) is 0 Å². The second kappa shape index (κ2) is 6.02. The summed E-state index contributed by atoms with van der Waals surface area (Å²) in [6.07, 6.45) is 2.33. The number of hydrogen-bond acceptors (Lipinski definition) is 5. The van der Waals surface area contributed by atoms with Crippen LogP contribution in [0.4, 0.5) is 5.69 Å². The van der Waals surface area contributed by atoms with E-state index in [-0.39, 0.29) is 24.2 Å². The van der Waals surface area contributed by atoms with Gasteiger partial charge in [0.1, 0.15) is 0 Å². The molecular formula is C17H17NO5-2. The second-order valence-corrected chi connectivity index (χ2v) is 6.44. The molecule has 2 bridgehead atoms. The summed E-state index contributed by atoms with van der Waals surface area (Å²) in [7, 11) is 0. The normalized spacial score (nSPS) is 28.5. The summed E-state index contributed by atoms with van der Waals surface area (Å²) in [5, 5.41) is 24.6. The van der Waals surface area contributed by atoms with Crippen LogP contribution in [0.3, 0.4) is 0 Å². The number of nitrogens with one attached hydrogen (secondary N) is 1. The van der Waals surface area contributed by atoms with E-state index in [1.807, 2.05) is 0 Å². The monoisotopic (exact) mass is 315 g/mol. The molecule has 1 amide bonds. The van der Waals surface area contributed by atoms with E-state index in [1.54, 1.807) is 24.3 Å². The first-order valence-corrected chi connectivity index (χ1v) is 7.76. The molecule has 1 aromatic rings. The Bertz CT molecular complexity index is 639. The lowest BCUT2D eigenvalue weighted by Crippen LogP contribution is -2.43. The largest absolute Gasteiger partial charge is 0.550 e. The molecule has 1 N–H and O–H groups in total. The lowest BCUT2D eigenvalue weighted by Gasteiger charge is -2.30. The van der Waals surface area contributed by atoms with Gasteiger partial charge in [-0.3, -0.25) is 4.79 Å². The molecule has 0 aromatic heterocycles. The quantitative estimate of drug-likeness (QED) is 0.775. The number of benzene rings is 1. The lowest BCUT2D eigenvalue weighted by atomic mass is 9.78. The summed E-state index contributed by atoms with van der Waals surface area (Å²) in [5.74, 6) is -3.68. The predicted molar refractivity (Wildman–Crippen MR) is 76.6 cm³/mol. The van der Waals surface area contributed by atoms with Crippen LogP contribution in [0, 0.1) is 23.7 Å². The van der Waals surface area contributed by atoms with Gasteiger partial charge in [-0.1, -0.05) is 12.1 Å². The Balaban J connectivity index is 1.69. The molecule has 1 aromatic carbocycles. The predicted octanol–water partition coefficient (Wildman–Crippen LogP) is -0.670. The molecule has 0 radical (unpaired) electrons. The van der Waals surface area contributed by atoms with Crippen LogP contribution in [0.25, 0.3) is 0 Å². The van der Waals surface area contributed by atoms with Gasteiger partial charge in [-0.25, -0.2) is 0 Å². The Morgan fingerprint density at radius 2 is 1.61 bits per heavy atom. The molecule has 3 rings (SSSR count). The molecule has 2 saturated carbocycles. The summed E-state index contributed by atoms with van der Waals surface area (Å²) in [6, 6.07) is 6.42. The Labute approximate surface area is 133 Å². The fourth-order valence-electron chi connectivity index (χ4n) is 4.11. The van der Waals surface area contributed by atoms with Gasteiger partial charge in [0, 0.05) is 35.9 Å². The number of carboxylic acid groups (broad SMARTS) is 2. The first-order chi connectivity index (χ1) is 11.0. The first-order valence-electron chi connectivity index (χ1n) is 7.76. The Morgan fingerprint density at radius 1 is 1.00 bits per heavy atom.